The van der Waals surface area contributed by atoms with Crippen LogP contribution in [-0.2, 0) is 9.47 Å². The highest BCUT2D eigenvalue weighted by atomic mass is 127. The second-order valence-electron chi connectivity index (χ2n) is 9.58. The zero-order valence-corrected chi connectivity index (χ0v) is 20.3. The van der Waals surface area contributed by atoms with Crippen molar-refractivity contribution in [1.82, 2.24) is 15.1 Å². The van der Waals surface area contributed by atoms with E-state index in [2.05, 4.69) is 22.0 Å². The van der Waals surface area contributed by atoms with E-state index in [1.807, 2.05) is 0 Å². The van der Waals surface area contributed by atoms with Gasteiger partial charge in [0.25, 0.3) is 0 Å². The Labute approximate surface area is 193 Å². The maximum absolute atomic E-state index is 6.17. The van der Waals surface area contributed by atoms with E-state index in [1.165, 1.54) is 44.9 Å². The first kappa shape index (κ1) is 22.1. The highest BCUT2D eigenvalue weighted by molar-refractivity contribution is 14.0. The molecule has 0 aromatic carbocycles. The molecule has 4 aliphatic heterocycles. The number of likely N-dealkylation sites (tertiary alicyclic amines) is 1. The van der Waals surface area contributed by atoms with E-state index in [-0.39, 0.29) is 29.5 Å². The fourth-order valence-corrected chi connectivity index (χ4v) is 6.60. The van der Waals surface area contributed by atoms with Crippen molar-refractivity contribution in [3.8, 4) is 0 Å². The van der Waals surface area contributed by atoms with Crippen molar-refractivity contribution in [3.63, 3.8) is 0 Å². The Morgan fingerprint density at radius 3 is 2.31 bits per heavy atom. The predicted octanol–water partition coefficient (Wildman–Crippen LogP) is 2.71. The van der Waals surface area contributed by atoms with E-state index in [9.17, 15) is 0 Å². The average molecular weight is 518 g/mol. The van der Waals surface area contributed by atoms with Gasteiger partial charge in [0.2, 0.25) is 0 Å². The number of rotatable bonds is 4. The smallest absolute Gasteiger partial charge is 0.194 e. The van der Waals surface area contributed by atoms with Crippen LogP contribution in [0.5, 0.6) is 0 Å². The van der Waals surface area contributed by atoms with E-state index in [0.29, 0.717) is 12.2 Å². The van der Waals surface area contributed by atoms with Gasteiger partial charge in [0.15, 0.2) is 5.96 Å². The molecule has 7 heteroatoms. The standard InChI is InChI=1S/C22H38N4O2.HI/c1-2-23-21(25-14-17-18(15-25)20-7-6-19(17)28-20)24-16-22(8-4-3-5-9-22)26-10-12-27-13-11-26;/h17-20H,2-16H2,1H3,(H,23,24);1H. The Balaban J connectivity index is 0.00000205. The molecule has 6 nitrogen and oxygen atoms in total. The van der Waals surface area contributed by atoms with E-state index in [1.54, 1.807) is 0 Å². The number of ether oxygens (including phenoxy) is 2. The van der Waals surface area contributed by atoms with Gasteiger partial charge in [0.1, 0.15) is 0 Å². The molecule has 4 heterocycles. The minimum Gasteiger partial charge on any atom is -0.379 e. The van der Waals surface area contributed by atoms with E-state index in [0.717, 1.165) is 70.3 Å². The van der Waals surface area contributed by atoms with E-state index in [4.69, 9.17) is 14.5 Å². The summed E-state index contributed by atoms with van der Waals surface area (Å²) in [7, 11) is 0. The summed E-state index contributed by atoms with van der Waals surface area (Å²) in [6, 6.07) is 0. The molecule has 0 radical (unpaired) electrons. The molecule has 5 aliphatic rings. The highest BCUT2D eigenvalue weighted by Gasteiger charge is 2.53. The third kappa shape index (κ3) is 4.30. The van der Waals surface area contributed by atoms with Crippen LogP contribution in [0.15, 0.2) is 4.99 Å². The molecule has 1 aliphatic carbocycles. The lowest BCUT2D eigenvalue weighted by Crippen LogP contribution is -2.56. The summed E-state index contributed by atoms with van der Waals surface area (Å²) in [6.45, 7) is 10.2. The van der Waals surface area contributed by atoms with Gasteiger partial charge in [-0.3, -0.25) is 9.89 Å². The molecule has 4 saturated heterocycles. The molecule has 5 rings (SSSR count). The molecule has 2 bridgehead atoms. The molecule has 4 unspecified atom stereocenters. The average Bonchev–Trinajstić information content (AvgIpc) is 3.46. The summed E-state index contributed by atoms with van der Waals surface area (Å²) < 4.78 is 11.8. The maximum Gasteiger partial charge on any atom is 0.194 e. The molecular weight excluding hydrogens is 479 g/mol. The zero-order valence-electron chi connectivity index (χ0n) is 18.0. The second kappa shape index (κ2) is 9.57. The molecule has 1 saturated carbocycles. The summed E-state index contributed by atoms with van der Waals surface area (Å²) in [4.78, 5) is 10.5. The Morgan fingerprint density at radius 1 is 1.03 bits per heavy atom. The first-order valence-electron chi connectivity index (χ1n) is 11.8. The summed E-state index contributed by atoms with van der Waals surface area (Å²) in [5.74, 6) is 2.60. The topological polar surface area (TPSA) is 49.3 Å². The van der Waals surface area contributed by atoms with Gasteiger partial charge in [-0.15, -0.1) is 24.0 Å². The summed E-state index contributed by atoms with van der Waals surface area (Å²) in [5.41, 5.74) is 0.250. The lowest BCUT2D eigenvalue weighted by Gasteiger charge is -2.47. The molecule has 29 heavy (non-hydrogen) atoms. The van der Waals surface area contributed by atoms with Crippen LogP contribution in [-0.4, -0.2) is 86.0 Å². The van der Waals surface area contributed by atoms with Gasteiger partial charge >= 0.3 is 0 Å². The van der Waals surface area contributed by atoms with Crippen molar-refractivity contribution >= 4 is 29.9 Å². The van der Waals surface area contributed by atoms with Crippen molar-refractivity contribution in [2.75, 3.05) is 52.5 Å². The SMILES string of the molecule is CCNC(=NCC1(N2CCOCC2)CCCCC1)N1CC2C3CCC(O3)C2C1.I. The normalized spacial score (nSPS) is 36.7. The van der Waals surface area contributed by atoms with Crippen molar-refractivity contribution < 1.29 is 9.47 Å². The number of hydrogen-bond acceptors (Lipinski definition) is 4. The summed E-state index contributed by atoms with van der Waals surface area (Å²) in [5, 5.41) is 3.62. The summed E-state index contributed by atoms with van der Waals surface area (Å²) >= 11 is 0. The minimum absolute atomic E-state index is 0. The van der Waals surface area contributed by atoms with Crippen LogP contribution in [0.25, 0.3) is 0 Å². The van der Waals surface area contributed by atoms with Crippen LogP contribution in [0.3, 0.4) is 0 Å². The number of nitrogens with one attached hydrogen (secondary N) is 1. The van der Waals surface area contributed by atoms with Crippen molar-refractivity contribution in [2.24, 2.45) is 16.8 Å². The van der Waals surface area contributed by atoms with Crippen molar-refractivity contribution in [3.05, 3.63) is 0 Å². The molecule has 0 aromatic heterocycles. The van der Waals surface area contributed by atoms with Gasteiger partial charge in [-0.1, -0.05) is 19.3 Å². The molecule has 0 spiro atoms. The number of guanidine groups is 1. The molecule has 5 fully saturated rings. The predicted molar refractivity (Wildman–Crippen MR) is 126 cm³/mol. The van der Waals surface area contributed by atoms with Crippen LogP contribution >= 0.6 is 24.0 Å². The highest BCUT2D eigenvalue weighted by Crippen LogP contribution is 2.47. The molecule has 166 valence electrons. The van der Waals surface area contributed by atoms with E-state index < -0.39 is 0 Å². The fraction of sp³-hybridized carbons (Fsp3) is 0.955. The van der Waals surface area contributed by atoms with Gasteiger partial charge in [-0.2, -0.15) is 0 Å². The lowest BCUT2D eigenvalue weighted by atomic mass is 9.80. The van der Waals surface area contributed by atoms with Gasteiger partial charge in [-0.05, 0) is 32.6 Å². The molecule has 1 N–H and O–H groups in total. The molecule has 0 aromatic rings. The molecule has 0 amide bonds. The van der Waals surface area contributed by atoms with Crippen LogP contribution in [0.1, 0.15) is 51.9 Å². The summed E-state index contributed by atoms with van der Waals surface area (Å²) in [6.07, 6.45) is 10.2. The quantitative estimate of drug-likeness (QED) is 0.353. The third-order valence-electron chi connectivity index (χ3n) is 8.08. The Morgan fingerprint density at radius 2 is 1.69 bits per heavy atom. The Bertz CT molecular complexity index is 559. The largest absolute Gasteiger partial charge is 0.379 e. The lowest BCUT2D eigenvalue weighted by molar-refractivity contribution is -0.0334. The van der Waals surface area contributed by atoms with Crippen LogP contribution in [0, 0.1) is 11.8 Å². The minimum atomic E-state index is 0. The molecule has 4 atom stereocenters. The van der Waals surface area contributed by atoms with Crippen LogP contribution in [0.2, 0.25) is 0 Å². The van der Waals surface area contributed by atoms with Gasteiger partial charge in [0.05, 0.1) is 32.0 Å². The first-order valence-corrected chi connectivity index (χ1v) is 11.8. The zero-order chi connectivity index (χ0) is 19.0. The van der Waals surface area contributed by atoms with Gasteiger partial charge in [-0.25, -0.2) is 0 Å². The number of nitrogens with zero attached hydrogens (tertiary/aromatic N) is 3. The number of morpholine rings is 1. The first-order chi connectivity index (χ1) is 13.8. The monoisotopic (exact) mass is 518 g/mol. The number of aliphatic imine (C=N–C) groups is 1. The van der Waals surface area contributed by atoms with Crippen molar-refractivity contribution in [1.29, 1.82) is 0 Å². The number of halogens is 1. The van der Waals surface area contributed by atoms with Gasteiger partial charge in [0, 0.05) is 50.1 Å². The molecular formula is C22H39IN4O2. The second-order valence-corrected chi connectivity index (χ2v) is 9.58. The van der Waals surface area contributed by atoms with Crippen molar-refractivity contribution in [2.45, 2.75) is 69.6 Å². The Kier molecular flexibility index (Phi) is 7.29. The maximum atomic E-state index is 6.17. The van der Waals surface area contributed by atoms with Crippen LogP contribution in [0.4, 0.5) is 0 Å². The fourth-order valence-electron chi connectivity index (χ4n) is 6.60. The third-order valence-corrected chi connectivity index (χ3v) is 8.08. The van der Waals surface area contributed by atoms with Gasteiger partial charge < -0.3 is 19.7 Å². The number of fused-ring (bicyclic) bond motifs is 5. The van der Waals surface area contributed by atoms with E-state index >= 15 is 0 Å². The number of hydrogen-bond donors (Lipinski definition) is 1. The Hall–Kier alpha value is -0.120. The van der Waals surface area contributed by atoms with Crippen LogP contribution < -0.4 is 5.32 Å².